The van der Waals surface area contributed by atoms with E-state index in [9.17, 15) is 4.79 Å². The number of benzene rings is 2. The summed E-state index contributed by atoms with van der Waals surface area (Å²) >= 11 is 1.33. The van der Waals surface area contributed by atoms with Crippen molar-refractivity contribution in [3.05, 3.63) is 53.0 Å². The highest BCUT2D eigenvalue weighted by atomic mass is 32.1. The molecule has 7 nitrogen and oxygen atoms in total. The van der Waals surface area contributed by atoms with Crippen LogP contribution in [0.25, 0.3) is 0 Å². The molecule has 0 saturated carbocycles. The lowest BCUT2D eigenvalue weighted by molar-refractivity contribution is 0.102. The molecule has 0 fully saturated rings. The van der Waals surface area contributed by atoms with Gasteiger partial charge in [-0.1, -0.05) is 6.07 Å². The summed E-state index contributed by atoms with van der Waals surface area (Å²) in [5.41, 5.74) is 2.72. The Labute approximate surface area is 167 Å². The Kier molecular flexibility index (Phi) is 6.00. The highest BCUT2D eigenvalue weighted by Gasteiger charge is 2.14. The van der Waals surface area contributed by atoms with Crippen LogP contribution in [0.3, 0.4) is 0 Å². The van der Waals surface area contributed by atoms with Gasteiger partial charge in [-0.05, 0) is 36.8 Å². The summed E-state index contributed by atoms with van der Waals surface area (Å²) in [6, 6.07) is 11.0. The Morgan fingerprint density at radius 3 is 2.39 bits per heavy atom. The normalized spacial score (nSPS) is 10.3. The Morgan fingerprint density at radius 1 is 0.964 bits per heavy atom. The van der Waals surface area contributed by atoms with E-state index in [-0.39, 0.29) is 5.91 Å². The van der Waals surface area contributed by atoms with Crippen molar-refractivity contribution < 1.29 is 19.0 Å². The number of thiazole rings is 1. The van der Waals surface area contributed by atoms with Crippen molar-refractivity contribution in [2.24, 2.45) is 0 Å². The largest absolute Gasteiger partial charge is 0.495 e. The number of carbonyl (C=O) groups excluding carboxylic acids is 1. The molecule has 0 atom stereocenters. The van der Waals surface area contributed by atoms with Crippen LogP contribution in [0.4, 0.5) is 16.5 Å². The average molecular weight is 399 g/mol. The molecule has 2 aromatic carbocycles. The molecule has 1 aromatic heterocycles. The van der Waals surface area contributed by atoms with E-state index in [2.05, 4.69) is 15.6 Å². The second kappa shape index (κ2) is 8.62. The molecule has 0 aliphatic heterocycles. The number of rotatable bonds is 7. The van der Waals surface area contributed by atoms with Crippen LogP contribution >= 0.6 is 11.3 Å². The maximum atomic E-state index is 12.6. The molecule has 3 aromatic rings. The maximum absolute atomic E-state index is 12.6. The molecule has 0 radical (unpaired) electrons. The van der Waals surface area contributed by atoms with E-state index in [0.29, 0.717) is 33.8 Å². The van der Waals surface area contributed by atoms with E-state index in [0.717, 1.165) is 11.3 Å². The first-order valence-corrected chi connectivity index (χ1v) is 9.32. The number of hydrogen-bond acceptors (Lipinski definition) is 7. The predicted molar refractivity (Wildman–Crippen MR) is 111 cm³/mol. The minimum absolute atomic E-state index is 0.305. The number of hydrogen-bond donors (Lipinski definition) is 2. The smallest absolute Gasteiger partial charge is 0.275 e. The number of aryl methyl sites for hydroxylation is 1. The van der Waals surface area contributed by atoms with E-state index >= 15 is 0 Å². The van der Waals surface area contributed by atoms with Crippen LogP contribution in [0.2, 0.25) is 0 Å². The summed E-state index contributed by atoms with van der Waals surface area (Å²) in [5, 5.41) is 8.30. The zero-order valence-corrected chi connectivity index (χ0v) is 16.8. The Hall–Kier alpha value is -3.26. The number of carbonyl (C=O) groups is 1. The first-order valence-electron chi connectivity index (χ1n) is 8.44. The van der Waals surface area contributed by atoms with Crippen molar-refractivity contribution in [3.8, 4) is 17.2 Å². The second-order valence-electron chi connectivity index (χ2n) is 5.89. The maximum Gasteiger partial charge on any atom is 0.275 e. The molecule has 0 unspecified atom stereocenters. The van der Waals surface area contributed by atoms with Gasteiger partial charge in [0.25, 0.3) is 5.91 Å². The SMILES string of the molecule is COc1ccc(C)cc1NC(=O)c1csc(Nc2ccc(OC)c(OC)c2)n1. The number of amides is 1. The molecule has 28 heavy (non-hydrogen) atoms. The molecular weight excluding hydrogens is 378 g/mol. The zero-order valence-electron chi connectivity index (χ0n) is 16.0. The molecule has 0 saturated heterocycles. The van der Waals surface area contributed by atoms with Crippen molar-refractivity contribution in [1.29, 1.82) is 0 Å². The fourth-order valence-corrected chi connectivity index (χ4v) is 3.29. The third-order valence-electron chi connectivity index (χ3n) is 3.97. The van der Waals surface area contributed by atoms with Gasteiger partial charge in [0.05, 0.1) is 27.0 Å². The first kappa shape index (κ1) is 19.5. The quantitative estimate of drug-likeness (QED) is 0.610. The molecular formula is C20H21N3O4S. The van der Waals surface area contributed by atoms with Gasteiger partial charge in [-0.3, -0.25) is 4.79 Å². The monoisotopic (exact) mass is 399 g/mol. The van der Waals surface area contributed by atoms with Gasteiger partial charge in [-0.15, -0.1) is 11.3 Å². The van der Waals surface area contributed by atoms with Crippen molar-refractivity contribution in [2.75, 3.05) is 32.0 Å². The van der Waals surface area contributed by atoms with Gasteiger partial charge in [0, 0.05) is 17.1 Å². The lowest BCUT2D eigenvalue weighted by atomic mass is 10.2. The van der Waals surface area contributed by atoms with Crippen molar-refractivity contribution in [1.82, 2.24) is 4.98 Å². The molecule has 3 rings (SSSR count). The average Bonchev–Trinajstić information content (AvgIpc) is 3.16. The number of aromatic nitrogens is 1. The van der Waals surface area contributed by atoms with Crippen LogP contribution in [0, 0.1) is 6.92 Å². The fraction of sp³-hybridized carbons (Fsp3) is 0.200. The number of anilines is 3. The number of nitrogens with zero attached hydrogens (tertiary/aromatic N) is 1. The van der Waals surface area contributed by atoms with Crippen LogP contribution in [-0.4, -0.2) is 32.2 Å². The van der Waals surface area contributed by atoms with Crippen LogP contribution in [0.15, 0.2) is 41.8 Å². The van der Waals surface area contributed by atoms with E-state index in [1.54, 1.807) is 38.8 Å². The van der Waals surface area contributed by atoms with Crippen LogP contribution in [-0.2, 0) is 0 Å². The van der Waals surface area contributed by atoms with E-state index in [1.807, 2.05) is 31.2 Å². The Morgan fingerprint density at radius 2 is 1.68 bits per heavy atom. The lowest BCUT2D eigenvalue weighted by Crippen LogP contribution is -2.13. The summed E-state index contributed by atoms with van der Waals surface area (Å²) < 4.78 is 15.8. The molecule has 1 heterocycles. The summed E-state index contributed by atoms with van der Waals surface area (Å²) in [7, 11) is 4.72. The third-order valence-corrected chi connectivity index (χ3v) is 4.73. The Bertz CT molecular complexity index is 987. The number of nitrogens with one attached hydrogen (secondary N) is 2. The van der Waals surface area contributed by atoms with Crippen LogP contribution < -0.4 is 24.8 Å². The van der Waals surface area contributed by atoms with Gasteiger partial charge in [-0.25, -0.2) is 4.98 Å². The number of ether oxygens (including phenoxy) is 3. The van der Waals surface area contributed by atoms with E-state index in [1.165, 1.54) is 11.3 Å². The molecule has 8 heteroatoms. The predicted octanol–water partition coefficient (Wildman–Crippen LogP) is 4.47. The molecule has 0 aliphatic rings. The molecule has 0 bridgehead atoms. The van der Waals surface area contributed by atoms with E-state index < -0.39 is 0 Å². The van der Waals surface area contributed by atoms with Gasteiger partial charge in [0.2, 0.25) is 0 Å². The van der Waals surface area contributed by atoms with Gasteiger partial charge in [0.15, 0.2) is 16.6 Å². The topological polar surface area (TPSA) is 81.7 Å². The first-order chi connectivity index (χ1) is 13.5. The summed E-state index contributed by atoms with van der Waals surface area (Å²) in [5.74, 6) is 1.53. The van der Waals surface area contributed by atoms with Crippen LogP contribution in [0.1, 0.15) is 16.1 Å². The third kappa shape index (κ3) is 4.34. The van der Waals surface area contributed by atoms with E-state index in [4.69, 9.17) is 14.2 Å². The summed E-state index contributed by atoms with van der Waals surface area (Å²) in [4.78, 5) is 16.9. The van der Waals surface area contributed by atoms with Crippen molar-refractivity contribution in [3.63, 3.8) is 0 Å². The van der Waals surface area contributed by atoms with Gasteiger partial charge < -0.3 is 24.8 Å². The summed E-state index contributed by atoms with van der Waals surface area (Å²) in [6.07, 6.45) is 0. The van der Waals surface area contributed by atoms with Crippen LogP contribution in [0.5, 0.6) is 17.2 Å². The minimum atomic E-state index is -0.305. The highest BCUT2D eigenvalue weighted by Crippen LogP contribution is 2.32. The molecule has 146 valence electrons. The zero-order chi connectivity index (χ0) is 20.1. The molecule has 1 amide bonds. The van der Waals surface area contributed by atoms with Crippen molar-refractivity contribution in [2.45, 2.75) is 6.92 Å². The summed E-state index contributed by atoms with van der Waals surface area (Å²) in [6.45, 7) is 1.95. The van der Waals surface area contributed by atoms with Gasteiger partial charge >= 0.3 is 0 Å². The standard InChI is InChI=1S/C20H21N3O4S/c1-12-5-7-16(25-2)14(9-12)22-19(24)15-11-28-20(23-15)21-13-6-8-17(26-3)18(10-13)27-4/h5-11H,1-4H3,(H,21,23)(H,22,24). The Balaban J connectivity index is 1.73. The second-order valence-corrected chi connectivity index (χ2v) is 6.75. The molecule has 2 N–H and O–H groups in total. The molecule has 0 spiro atoms. The fourth-order valence-electron chi connectivity index (χ4n) is 2.58. The highest BCUT2D eigenvalue weighted by molar-refractivity contribution is 7.14. The van der Waals surface area contributed by atoms with Gasteiger partial charge in [0.1, 0.15) is 11.4 Å². The van der Waals surface area contributed by atoms with Gasteiger partial charge in [-0.2, -0.15) is 0 Å². The number of methoxy groups -OCH3 is 3. The lowest BCUT2D eigenvalue weighted by Gasteiger charge is -2.10. The van der Waals surface area contributed by atoms with Crippen molar-refractivity contribution >= 4 is 33.8 Å². The minimum Gasteiger partial charge on any atom is -0.495 e. The molecule has 0 aliphatic carbocycles.